The zero-order chi connectivity index (χ0) is 10.3. The number of aryl methyl sites for hydroxylation is 1. The molecule has 0 aliphatic rings. The van der Waals surface area contributed by atoms with Crippen LogP contribution in [0.3, 0.4) is 0 Å². The molecule has 0 unspecified atom stereocenters. The van der Waals surface area contributed by atoms with Crippen molar-refractivity contribution in [1.29, 1.82) is 0 Å². The summed E-state index contributed by atoms with van der Waals surface area (Å²) in [6, 6.07) is 2.64. The van der Waals surface area contributed by atoms with Crippen molar-refractivity contribution >= 4 is 22.1 Å². The minimum atomic E-state index is -1.07. The second-order valence-corrected chi connectivity index (χ2v) is 3.83. The van der Waals surface area contributed by atoms with Crippen molar-refractivity contribution in [2.24, 2.45) is 0 Å². The Morgan fingerprint density at radius 1 is 1.50 bits per heavy atom. The first-order valence-corrected chi connectivity index (χ1v) is 4.82. The minimum Gasteiger partial charge on any atom is -0.478 e. The topological polar surface area (TPSA) is 58.8 Å². The Balaban J connectivity index is 2.87. The molecule has 2 rings (SSSR count). The van der Waals surface area contributed by atoms with Crippen molar-refractivity contribution in [3.63, 3.8) is 0 Å². The average molecular weight is 209 g/mol. The second kappa shape index (κ2) is 2.95. The van der Waals surface area contributed by atoms with Gasteiger partial charge in [0.15, 0.2) is 0 Å². The fraction of sp³-hybridized carbons (Fsp3) is 0.111. The van der Waals surface area contributed by atoms with Gasteiger partial charge in [-0.25, -0.2) is 4.79 Å². The van der Waals surface area contributed by atoms with Gasteiger partial charge in [-0.2, -0.15) is 0 Å². The van der Waals surface area contributed by atoms with Crippen molar-refractivity contribution in [2.75, 3.05) is 0 Å². The number of pyridine rings is 1. The number of aromatic nitrogens is 1. The van der Waals surface area contributed by atoms with Crippen LogP contribution in [0.5, 0.6) is 0 Å². The van der Waals surface area contributed by atoms with Gasteiger partial charge in [-0.1, -0.05) is 0 Å². The van der Waals surface area contributed by atoms with Crippen molar-refractivity contribution in [2.45, 2.75) is 6.92 Å². The second-order valence-electron chi connectivity index (χ2n) is 2.94. The molecule has 0 atom stereocenters. The molecule has 0 amide bonds. The number of nitrogens with zero attached hydrogens (tertiary/aromatic N) is 1. The molecule has 0 aromatic carbocycles. The van der Waals surface area contributed by atoms with Crippen LogP contribution in [0.15, 0.2) is 22.3 Å². The maximum atomic E-state index is 11.5. The molecule has 0 aliphatic carbocycles. The van der Waals surface area contributed by atoms with Crippen LogP contribution in [0, 0.1) is 6.92 Å². The van der Waals surface area contributed by atoms with E-state index in [1.807, 2.05) is 12.3 Å². The van der Waals surface area contributed by atoms with Crippen LogP contribution in [0.1, 0.15) is 16.1 Å². The van der Waals surface area contributed by atoms with Crippen LogP contribution in [0.4, 0.5) is 0 Å². The highest BCUT2D eigenvalue weighted by atomic mass is 32.1. The third kappa shape index (κ3) is 1.22. The summed E-state index contributed by atoms with van der Waals surface area (Å²) >= 11 is 1.36. The lowest BCUT2D eigenvalue weighted by Crippen LogP contribution is -2.14. The molecule has 1 N–H and O–H groups in total. The zero-order valence-corrected chi connectivity index (χ0v) is 8.17. The summed E-state index contributed by atoms with van der Waals surface area (Å²) in [6.07, 6.45) is 0. The van der Waals surface area contributed by atoms with Crippen molar-refractivity contribution in [1.82, 2.24) is 4.40 Å². The van der Waals surface area contributed by atoms with Gasteiger partial charge in [0.2, 0.25) is 0 Å². The van der Waals surface area contributed by atoms with Gasteiger partial charge in [0.25, 0.3) is 5.56 Å². The highest BCUT2D eigenvalue weighted by Crippen LogP contribution is 2.14. The van der Waals surface area contributed by atoms with Crippen LogP contribution >= 0.6 is 11.3 Å². The lowest BCUT2D eigenvalue weighted by Gasteiger charge is -1.96. The van der Waals surface area contributed by atoms with Crippen LogP contribution < -0.4 is 5.56 Å². The standard InChI is InChI=1S/C9H7NO3S/c1-5-4-14-8-3-6(9(12)13)2-7(11)10(5)8/h2-4H,1H3,(H,12,13). The molecule has 0 spiro atoms. The van der Waals surface area contributed by atoms with Gasteiger partial charge in [-0.15, -0.1) is 11.3 Å². The van der Waals surface area contributed by atoms with E-state index in [4.69, 9.17) is 5.11 Å². The molecule has 2 aromatic rings. The minimum absolute atomic E-state index is 0.0388. The molecule has 0 saturated heterocycles. The first kappa shape index (κ1) is 8.96. The molecular weight excluding hydrogens is 202 g/mol. The summed E-state index contributed by atoms with van der Waals surface area (Å²) in [7, 11) is 0. The number of carboxylic acid groups (broad SMARTS) is 1. The molecule has 0 bridgehead atoms. The van der Waals surface area contributed by atoms with E-state index < -0.39 is 5.97 Å². The number of carbonyl (C=O) groups is 1. The summed E-state index contributed by atoms with van der Waals surface area (Å²) < 4.78 is 1.50. The lowest BCUT2D eigenvalue weighted by atomic mass is 10.3. The Bertz CT molecular complexity index is 567. The number of hydrogen-bond acceptors (Lipinski definition) is 3. The number of thiazole rings is 1. The predicted octanol–water partition coefficient (Wildman–Crippen LogP) is 1.37. The highest BCUT2D eigenvalue weighted by molar-refractivity contribution is 7.15. The monoisotopic (exact) mass is 209 g/mol. The normalized spacial score (nSPS) is 10.6. The number of rotatable bonds is 1. The van der Waals surface area contributed by atoms with E-state index in [1.54, 1.807) is 0 Å². The maximum Gasteiger partial charge on any atom is 0.335 e. The number of fused-ring (bicyclic) bond motifs is 1. The Morgan fingerprint density at radius 2 is 2.21 bits per heavy atom. The summed E-state index contributed by atoms with van der Waals surface area (Å²) in [5.74, 6) is -1.07. The fourth-order valence-corrected chi connectivity index (χ4v) is 2.23. The number of aromatic carboxylic acids is 1. The van der Waals surface area contributed by atoms with E-state index in [-0.39, 0.29) is 11.1 Å². The van der Waals surface area contributed by atoms with Crippen molar-refractivity contribution in [3.05, 3.63) is 39.1 Å². The van der Waals surface area contributed by atoms with E-state index in [2.05, 4.69) is 0 Å². The largest absolute Gasteiger partial charge is 0.478 e. The Hall–Kier alpha value is -1.62. The first-order chi connectivity index (χ1) is 6.59. The highest BCUT2D eigenvalue weighted by Gasteiger charge is 2.08. The van der Waals surface area contributed by atoms with Crippen molar-refractivity contribution < 1.29 is 9.90 Å². The molecule has 14 heavy (non-hydrogen) atoms. The summed E-state index contributed by atoms with van der Waals surface area (Å²) in [5, 5.41) is 10.6. The zero-order valence-electron chi connectivity index (χ0n) is 7.35. The molecule has 4 nitrogen and oxygen atoms in total. The third-order valence-corrected chi connectivity index (χ3v) is 2.95. The first-order valence-electron chi connectivity index (χ1n) is 3.94. The summed E-state index contributed by atoms with van der Waals surface area (Å²) in [5.41, 5.74) is 0.572. The van der Waals surface area contributed by atoms with Gasteiger partial charge >= 0.3 is 5.97 Å². The molecule has 2 heterocycles. The van der Waals surface area contributed by atoms with E-state index in [0.717, 1.165) is 11.8 Å². The molecule has 0 saturated carbocycles. The van der Waals surface area contributed by atoms with E-state index in [9.17, 15) is 9.59 Å². The molecule has 0 aliphatic heterocycles. The Kier molecular flexibility index (Phi) is 1.89. The maximum absolute atomic E-state index is 11.5. The quantitative estimate of drug-likeness (QED) is 0.771. The van der Waals surface area contributed by atoms with Gasteiger partial charge in [-0.3, -0.25) is 9.20 Å². The molecule has 2 aromatic heterocycles. The van der Waals surface area contributed by atoms with E-state index in [1.165, 1.54) is 21.8 Å². The number of hydrogen-bond donors (Lipinski definition) is 1. The van der Waals surface area contributed by atoms with Crippen LogP contribution in [-0.4, -0.2) is 15.5 Å². The van der Waals surface area contributed by atoms with Gasteiger partial charge in [0, 0.05) is 17.1 Å². The summed E-state index contributed by atoms with van der Waals surface area (Å²) in [4.78, 5) is 22.8. The Morgan fingerprint density at radius 3 is 2.86 bits per heavy atom. The fourth-order valence-electron chi connectivity index (χ4n) is 1.30. The molecular formula is C9H7NO3S. The van der Waals surface area contributed by atoms with Crippen molar-refractivity contribution in [3.8, 4) is 0 Å². The van der Waals surface area contributed by atoms with Gasteiger partial charge in [0.05, 0.1) is 5.56 Å². The van der Waals surface area contributed by atoms with Gasteiger partial charge < -0.3 is 5.11 Å². The SMILES string of the molecule is Cc1csc2cc(C(=O)O)cc(=O)n12. The molecule has 72 valence electrons. The van der Waals surface area contributed by atoms with Gasteiger partial charge in [0.1, 0.15) is 4.83 Å². The van der Waals surface area contributed by atoms with Crippen LogP contribution in [0.2, 0.25) is 0 Å². The predicted molar refractivity (Wildman–Crippen MR) is 53.2 cm³/mol. The molecule has 5 heteroatoms. The van der Waals surface area contributed by atoms with Crippen LogP contribution in [0.25, 0.3) is 4.83 Å². The van der Waals surface area contributed by atoms with E-state index in [0.29, 0.717) is 4.83 Å². The summed E-state index contributed by atoms with van der Waals surface area (Å²) in [6.45, 7) is 1.81. The average Bonchev–Trinajstić information content (AvgIpc) is 2.48. The molecule has 0 fully saturated rings. The Labute approximate surface area is 83.0 Å². The lowest BCUT2D eigenvalue weighted by molar-refractivity contribution is 0.0697. The van der Waals surface area contributed by atoms with Gasteiger partial charge in [-0.05, 0) is 13.0 Å². The third-order valence-electron chi connectivity index (χ3n) is 1.95. The smallest absolute Gasteiger partial charge is 0.335 e. The number of carboxylic acids is 1. The molecule has 0 radical (unpaired) electrons. The van der Waals surface area contributed by atoms with Crippen LogP contribution in [-0.2, 0) is 0 Å². The van der Waals surface area contributed by atoms with E-state index >= 15 is 0 Å².